The summed E-state index contributed by atoms with van der Waals surface area (Å²) in [4.78, 5) is 27.0. The topological polar surface area (TPSA) is 60.9 Å². The van der Waals surface area contributed by atoms with E-state index in [0.717, 1.165) is 25.4 Å². The fourth-order valence-corrected chi connectivity index (χ4v) is 3.37. The smallest absolute Gasteiger partial charge is 0.329 e. The molecule has 1 aliphatic carbocycles. The molecule has 0 aromatic rings. The number of nitrogens with zero attached hydrogens (tertiary/aromatic N) is 2. The number of carboxylic acids is 1. The van der Waals surface area contributed by atoms with Gasteiger partial charge in [0.2, 0.25) is 0 Å². The summed E-state index contributed by atoms with van der Waals surface area (Å²) in [6.45, 7) is 4.70. The monoisotopic (exact) mass is 282 g/mol. The molecule has 1 aliphatic heterocycles. The molecule has 5 heteroatoms. The van der Waals surface area contributed by atoms with E-state index in [2.05, 4.69) is 0 Å². The number of likely N-dealkylation sites (tertiary alicyclic amines) is 1. The molecule has 0 radical (unpaired) electrons. The molecule has 0 bridgehead atoms. The van der Waals surface area contributed by atoms with Gasteiger partial charge < -0.3 is 14.9 Å². The van der Waals surface area contributed by atoms with E-state index in [-0.39, 0.29) is 6.03 Å². The van der Waals surface area contributed by atoms with Gasteiger partial charge in [0.1, 0.15) is 5.54 Å². The van der Waals surface area contributed by atoms with Gasteiger partial charge in [-0.25, -0.2) is 9.59 Å². The third-order valence-electron chi connectivity index (χ3n) is 5.21. The lowest BCUT2D eigenvalue weighted by Gasteiger charge is -2.44. The van der Waals surface area contributed by atoms with Crippen LogP contribution >= 0.6 is 0 Å². The summed E-state index contributed by atoms with van der Waals surface area (Å²) in [6, 6.07) is -0.151. The highest BCUT2D eigenvalue weighted by atomic mass is 16.4. The number of hydrogen-bond donors (Lipinski definition) is 1. The fraction of sp³-hybridized carbons (Fsp3) is 0.867. The van der Waals surface area contributed by atoms with Crippen molar-refractivity contribution < 1.29 is 14.7 Å². The molecule has 0 aromatic carbocycles. The van der Waals surface area contributed by atoms with E-state index in [1.54, 1.807) is 20.9 Å². The molecule has 1 N–H and O–H groups in total. The molecule has 2 rings (SSSR count). The van der Waals surface area contributed by atoms with Crippen molar-refractivity contribution in [1.82, 2.24) is 9.80 Å². The Balaban J connectivity index is 2.01. The molecule has 5 nitrogen and oxygen atoms in total. The van der Waals surface area contributed by atoms with Crippen molar-refractivity contribution in [3.05, 3.63) is 0 Å². The average molecular weight is 282 g/mol. The van der Waals surface area contributed by atoms with Crippen LogP contribution in [-0.4, -0.2) is 52.6 Å². The van der Waals surface area contributed by atoms with Crippen LogP contribution in [0.25, 0.3) is 0 Å². The minimum absolute atomic E-state index is 0.151. The Bertz CT molecular complexity index is 395. The lowest BCUT2D eigenvalue weighted by Crippen LogP contribution is -2.57. The highest BCUT2D eigenvalue weighted by Gasteiger charge is 2.40. The SMILES string of the molecule is CN(C(=O)N1CCC2CCCCC2C1)C(C)(C)C(=O)O. The largest absolute Gasteiger partial charge is 0.480 e. The quantitative estimate of drug-likeness (QED) is 0.846. The number of hydrogen-bond acceptors (Lipinski definition) is 2. The molecule has 0 spiro atoms. The molecular formula is C15H26N2O3. The van der Waals surface area contributed by atoms with Gasteiger partial charge in [-0.05, 0) is 38.5 Å². The zero-order valence-electron chi connectivity index (χ0n) is 12.8. The van der Waals surface area contributed by atoms with Crippen molar-refractivity contribution in [1.29, 1.82) is 0 Å². The molecule has 1 saturated heterocycles. The van der Waals surface area contributed by atoms with E-state index >= 15 is 0 Å². The van der Waals surface area contributed by atoms with Gasteiger partial charge in [0.15, 0.2) is 0 Å². The number of aliphatic carboxylic acids is 1. The van der Waals surface area contributed by atoms with Crippen LogP contribution in [-0.2, 0) is 4.79 Å². The van der Waals surface area contributed by atoms with E-state index in [0.29, 0.717) is 5.92 Å². The van der Waals surface area contributed by atoms with Crippen LogP contribution in [0.5, 0.6) is 0 Å². The first-order valence-electron chi connectivity index (χ1n) is 7.60. The van der Waals surface area contributed by atoms with E-state index in [1.165, 1.54) is 30.6 Å². The van der Waals surface area contributed by atoms with Gasteiger partial charge in [0.05, 0.1) is 0 Å². The second kappa shape index (κ2) is 5.62. The summed E-state index contributed by atoms with van der Waals surface area (Å²) in [5.74, 6) is 0.411. The second-order valence-electron chi connectivity index (χ2n) is 6.75. The number of likely N-dealkylation sites (N-methyl/N-ethyl adjacent to an activating group) is 1. The highest BCUT2D eigenvalue weighted by molar-refractivity contribution is 5.85. The maximum Gasteiger partial charge on any atom is 0.329 e. The molecule has 1 saturated carbocycles. The Labute approximate surface area is 120 Å². The van der Waals surface area contributed by atoms with E-state index in [9.17, 15) is 14.7 Å². The zero-order chi connectivity index (χ0) is 14.9. The first-order valence-corrected chi connectivity index (χ1v) is 7.60. The molecule has 2 aliphatic rings. The Kier molecular flexibility index (Phi) is 4.25. The molecule has 114 valence electrons. The number of amides is 2. The van der Waals surface area contributed by atoms with Gasteiger partial charge in [-0.3, -0.25) is 0 Å². The summed E-state index contributed by atoms with van der Waals surface area (Å²) in [6.07, 6.45) is 6.15. The lowest BCUT2D eigenvalue weighted by atomic mass is 9.75. The van der Waals surface area contributed by atoms with Crippen LogP contribution in [0.2, 0.25) is 0 Å². The summed E-state index contributed by atoms with van der Waals surface area (Å²) in [7, 11) is 1.59. The van der Waals surface area contributed by atoms with Crippen LogP contribution in [0, 0.1) is 11.8 Å². The third kappa shape index (κ3) is 2.76. The molecule has 2 fully saturated rings. The molecule has 0 aromatic heterocycles. The minimum atomic E-state index is -1.17. The van der Waals surface area contributed by atoms with Crippen molar-refractivity contribution in [2.75, 3.05) is 20.1 Å². The number of fused-ring (bicyclic) bond motifs is 1. The zero-order valence-corrected chi connectivity index (χ0v) is 12.8. The Morgan fingerprint density at radius 2 is 1.75 bits per heavy atom. The van der Waals surface area contributed by atoms with Crippen LogP contribution in [0.4, 0.5) is 4.79 Å². The fourth-order valence-electron chi connectivity index (χ4n) is 3.37. The molecule has 1 heterocycles. The number of urea groups is 1. The van der Waals surface area contributed by atoms with Gasteiger partial charge in [-0.15, -0.1) is 0 Å². The lowest BCUT2D eigenvalue weighted by molar-refractivity contribution is -0.147. The van der Waals surface area contributed by atoms with Crippen molar-refractivity contribution in [3.8, 4) is 0 Å². The molecule has 2 atom stereocenters. The van der Waals surface area contributed by atoms with E-state index in [1.807, 2.05) is 4.90 Å². The summed E-state index contributed by atoms with van der Waals surface area (Å²) in [5.41, 5.74) is -1.17. The van der Waals surface area contributed by atoms with Crippen LogP contribution in [0.1, 0.15) is 46.0 Å². The second-order valence-corrected chi connectivity index (χ2v) is 6.75. The number of carboxylic acid groups (broad SMARTS) is 1. The maximum atomic E-state index is 12.5. The number of carbonyl (C=O) groups is 2. The van der Waals surface area contributed by atoms with Crippen molar-refractivity contribution in [2.45, 2.75) is 51.5 Å². The van der Waals surface area contributed by atoms with E-state index < -0.39 is 11.5 Å². The number of rotatable bonds is 2. The predicted molar refractivity (Wildman–Crippen MR) is 76.5 cm³/mol. The molecular weight excluding hydrogens is 256 g/mol. The normalized spacial score (nSPS) is 26.9. The first kappa shape index (κ1) is 15.1. The van der Waals surface area contributed by atoms with Gasteiger partial charge in [-0.2, -0.15) is 0 Å². The van der Waals surface area contributed by atoms with Crippen molar-refractivity contribution in [3.63, 3.8) is 0 Å². The summed E-state index contributed by atoms with van der Waals surface area (Å²) in [5, 5.41) is 9.23. The van der Waals surface area contributed by atoms with Gasteiger partial charge >= 0.3 is 12.0 Å². The number of piperidine rings is 1. The molecule has 2 unspecified atom stereocenters. The molecule has 2 amide bonds. The maximum absolute atomic E-state index is 12.5. The first-order chi connectivity index (χ1) is 9.34. The standard InChI is InChI=1S/C15H26N2O3/c1-15(2,13(18)19)16(3)14(20)17-9-8-11-6-4-5-7-12(11)10-17/h11-12H,4-10H2,1-3H3,(H,18,19). The third-order valence-corrected chi connectivity index (χ3v) is 5.21. The minimum Gasteiger partial charge on any atom is -0.480 e. The summed E-state index contributed by atoms with van der Waals surface area (Å²) < 4.78 is 0. The Hall–Kier alpha value is -1.26. The average Bonchev–Trinajstić information content (AvgIpc) is 2.44. The highest BCUT2D eigenvalue weighted by Crippen LogP contribution is 2.36. The van der Waals surface area contributed by atoms with E-state index in [4.69, 9.17) is 0 Å². The van der Waals surface area contributed by atoms with Gasteiger partial charge in [0, 0.05) is 20.1 Å². The van der Waals surface area contributed by atoms with Crippen LogP contribution in [0.15, 0.2) is 0 Å². The van der Waals surface area contributed by atoms with Gasteiger partial charge in [0.25, 0.3) is 0 Å². The molecule has 20 heavy (non-hydrogen) atoms. The van der Waals surface area contributed by atoms with Crippen molar-refractivity contribution >= 4 is 12.0 Å². The van der Waals surface area contributed by atoms with Crippen molar-refractivity contribution in [2.24, 2.45) is 11.8 Å². The summed E-state index contributed by atoms with van der Waals surface area (Å²) >= 11 is 0. The Morgan fingerprint density at radius 3 is 2.35 bits per heavy atom. The van der Waals surface area contributed by atoms with Crippen LogP contribution < -0.4 is 0 Å². The predicted octanol–water partition coefficient (Wildman–Crippen LogP) is 2.41. The van der Waals surface area contributed by atoms with Gasteiger partial charge in [-0.1, -0.05) is 19.3 Å². The van der Waals surface area contributed by atoms with Crippen LogP contribution in [0.3, 0.4) is 0 Å². The number of carbonyl (C=O) groups excluding carboxylic acids is 1. The Morgan fingerprint density at radius 1 is 1.15 bits per heavy atom.